The Morgan fingerprint density at radius 3 is 2.62 bits per heavy atom. The van der Waals surface area contributed by atoms with Crippen LogP contribution in [-0.2, 0) is 16.6 Å². The van der Waals surface area contributed by atoms with E-state index in [1.54, 1.807) is 0 Å². The van der Waals surface area contributed by atoms with Crippen LogP contribution < -0.4 is 0 Å². The lowest BCUT2D eigenvalue weighted by Gasteiger charge is -2.20. The first kappa shape index (κ1) is 13.9. The number of aromatic nitrogens is 1. The average molecular weight is 285 g/mol. The van der Waals surface area contributed by atoms with Gasteiger partial charge in [-0.15, -0.1) is 0 Å². The Morgan fingerprint density at radius 1 is 1.29 bits per heavy atom. The van der Waals surface area contributed by atoms with Gasteiger partial charge in [-0.3, -0.25) is 9.59 Å². The van der Waals surface area contributed by atoms with Crippen molar-refractivity contribution in [3.63, 3.8) is 0 Å². The molecule has 0 radical (unpaired) electrons. The first-order valence-corrected chi connectivity index (χ1v) is 7.18. The van der Waals surface area contributed by atoms with Crippen LogP contribution in [0.5, 0.6) is 0 Å². The van der Waals surface area contributed by atoms with Crippen molar-refractivity contribution in [2.45, 2.75) is 39.0 Å². The molecule has 0 spiro atoms. The fourth-order valence-corrected chi connectivity index (χ4v) is 3.00. The summed E-state index contributed by atoms with van der Waals surface area (Å²) in [4.78, 5) is 26.7. The second-order valence-corrected chi connectivity index (χ2v) is 6.86. The van der Waals surface area contributed by atoms with E-state index in [-0.39, 0.29) is 17.6 Å². The Hall–Kier alpha value is -2.10. The highest BCUT2D eigenvalue weighted by molar-refractivity contribution is 6.11. The number of carbonyl (C=O) groups excluding carboxylic acids is 1. The molecule has 0 bridgehead atoms. The molecule has 1 heterocycles. The van der Waals surface area contributed by atoms with Gasteiger partial charge in [0, 0.05) is 35.0 Å². The van der Waals surface area contributed by atoms with Crippen LogP contribution in [0.4, 0.5) is 0 Å². The number of hydrogen-bond acceptors (Lipinski definition) is 2. The Balaban J connectivity index is 2.17. The maximum Gasteiger partial charge on any atom is 0.307 e. The Kier molecular flexibility index (Phi) is 2.94. The fraction of sp³-hybridized carbons (Fsp3) is 0.412. The van der Waals surface area contributed by atoms with Crippen molar-refractivity contribution < 1.29 is 14.7 Å². The van der Waals surface area contributed by atoms with E-state index in [9.17, 15) is 9.59 Å². The van der Waals surface area contributed by atoms with Crippen LogP contribution in [0.2, 0.25) is 0 Å². The van der Waals surface area contributed by atoms with Crippen LogP contribution in [-0.4, -0.2) is 21.8 Å². The molecule has 0 saturated heterocycles. The lowest BCUT2D eigenvalue weighted by Crippen LogP contribution is -2.25. The van der Waals surface area contributed by atoms with Gasteiger partial charge in [-0.25, -0.2) is 0 Å². The van der Waals surface area contributed by atoms with Gasteiger partial charge in [0.25, 0.3) is 0 Å². The zero-order chi connectivity index (χ0) is 15.4. The summed E-state index contributed by atoms with van der Waals surface area (Å²) in [7, 11) is 0. The van der Waals surface area contributed by atoms with Crippen LogP contribution in [0.15, 0.2) is 18.2 Å². The van der Waals surface area contributed by atoms with Gasteiger partial charge < -0.3 is 10.1 Å². The third-order valence-corrected chi connectivity index (χ3v) is 4.25. The maximum absolute atomic E-state index is 12.4. The number of benzene rings is 1. The lowest BCUT2D eigenvalue weighted by molar-refractivity contribution is -0.141. The Morgan fingerprint density at radius 2 is 2.00 bits per heavy atom. The largest absolute Gasteiger partial charge is 0.481 e. The van der Waals surface area contributed by atoms with Crippen molar-refractivity contribution in [1.29, 1.82) is 0 Å². The summed E-state index contributed by atoms with van der Waals surface area (Å²) in [6.45, 7) is 6.40. The van der Waals surface area contributed by atoms with Gasteiger partial charge in [-0.05, 0) is 23.1 Å². The molecule has 3 rings (SSSR count). The van der Waals surface area contributed by atoms with Crippen LogP contribution in [0.1, 0.15) is 48.8 Å². The van der Waals surface area contributed by atoms with E-state index in [0.717, 1.165) is 16.6 Å². The molecule has 1 aliphatic carbocycles. The molecule has 21 heavy (non-hydrogen) atoms. The summed E-state index contributed by atoms with van der Waals surface area (Å²) in [5.41, 5.74) is 3.55. The van der Waals surface area contributed by atoms with Crippen LogP contribution >= 0.6 is 0 Å². The minimum Gasteiger partial charge on any atom is -0.481 e. The summed E-state index contributed by atoms with van der Waals surface area (Å²) in [6.07, 6.45) is 0.491. The van der Waals surface area contributed by atoms with E-state index >= 15 is 0 Å². The smallest absolute Gasteiger partial charge is 0.307 e. The molecule has 0 fully saturated rings. The molecule has 1 atom stereocenters. The molecule has 1 unspecified atom stereocenters. The zero-order valence-electron chi connectivity index (χ0n) is 12.5. The molecule has 4 nitrogen and oxygen atoms in total. The first-order chi connectivity index (χ1) is 9.77. The lowest BCUT2D eigenvalue weighted by atomic mass is 9.83. The normalized spacial score (nSPS) is 18.8. The minimum absolute atomic E-state index is 0.0135. The number of fused-ring (bicyclic) bond motifs is 3. The third-order valence-electron chi connectivity index (χ3n) is 4.25. The number of rotatable bonds is 1. The number of nitrogens with one attached hydrogen (secondary N) is 1. The van der Waals surface area contributed by atoms with Gasteiger partial charge in [-0.1, -0.05) is 26.8 Å². The molecule has 1 aromatic heterocycles. The summed E-state index contributed by atoms with van der Waals surface area (Å²) in [6, 6.07) is 6.10. The van der Waals surface area contributed by atoms with Crippen LogP contribution in [0.25, 0.3) is 10.9 Å². The highest BCUT2D eigenvalue weighted by atomic mass is 16.4. The molecule has 4 heteroatoms. The van der Waals surface area contributed by atoms with E-state index in [1.807, 2.05) is 6.07 Å². The van der Waals surface area contributed by atoms with Crippen molar-refractivity contribution in [3.8, 4) is 0 Å². The van der Waals surface area contributed by atoms with Gasteiger partial charge in [0.2, 0.25) is 0 Å². The molecular weight excluding hydrogens is 266 g/mol. The number of aliphatic carboxylic acids is 1. The van der Waals surface area contributed by atoms with E-state index < -0.39 is 11.9 Å². The zero-order valence-corrected chi connectivity index (χ0v) is 12.5. The van der Waals surface area contributed by atoms with E-state index in [2.05, 4.69) is 37.9 Å². The van der Waals surface area contributed by atoms with Gasteiger partial charge >= 0.3 is 5.97 Å². The standard InChI is InChI=1S/C17H19NO3/c1-17(2,3)10-4-5-12-11(8-10)15-13(18-12)6-9(16(20)21)7-14(15)19/h4-5,8-9,18H,6-7H2,1-3H3,(H,20,21). The molecule has 110 valence electrons. The number of carboxylic acid groups (broad SMARTS) is 1. The van der Waals surface area contributed by atoms with Gasteiger partial charge in [0.1, 0.15) is 0 Å². The predicted octanol–water partition coefficient (Wildman–Crippen LogP) is 3.30. The number of carbonyl (C=O) groups is 2. The minimum atomic E-state index is -0.900. The van der Waals surface area contributed by atoms with Gasteiger partial charge in [-0.2, -0.15) is 0 Å². The molecule has 1 aliphatic rings. The maximum atomic E-state index is 12.4. The Labute approximate surface area is 123 Å². The summed E-state index contributed by atoms with van der Waals surface area (Å²) in [5, 5.41) is 10.1. The highest BCUT2D eigenvalue weighted by Crippen LogP contribution is 2.34. The number of Topliss-reactive ketones (excluding diaryl/α,β-unsaturated/α-hetero) is 1. The molecule has 2 N–H and O–H groups in total. The number of ketones is 1. The third kappa shape index (κ3) is 2.24. The van der Waals surface area contributed by atoms with Crippen molar-refractivity contribution in [2.24, 2.45) is 5.92 Å². The van der Waals surface area contributed by atoms with Crippen molar-refractivity contribution in [1.82, 2.24) is 4.98 Å². The summed E-state index contributed by atoms with van der Waals surface area (Å²) < 4.78 is 0. The number of hydrogen-bond donors (Lipinski definition) is 2. The summed E-state index contributed by atoms with van der Waals surface area (Å²) in [5.74, 6) is -1.58. The van der Waals surface area contributed by atoms with E-state index in [4.69, 9.17) is 5.11 Å². The number of carboxylic acids is 1. The molecule has 2 aromatic rings. The second-order valence-electron chi connectivity index (χ2n) is 6.86. The van der Waals surface area contributed by atoms with Gasteiger partial charge in [0.15, 0.2) is 5.78 Å². The summed E-state index contributed by atoms with van der Waals surface area (Å²) >= 11 is 0. The molecular formula is C17H19NO3. The molecule has 0 aliphatic heterocycles. The van der Waals surface area contributed by atoms with E-state index in [1.165, 1.54) is 5.56 Å². The number of aromatic amines is 1. The topological polar surface area (TPSA) is 70.2 Å². The molecule has 0 amide bonds. The first-order valence-electron chi connectivity index (χ1n) is 7.18. The van der Waals surface area contributed by atoms with Crippen molar-refractivity contribution in [3.05, 3.63) is 35.0 Å². The van der Waals surface area contributed by atoms with Crippen molar-refractivity contribution in [2.75, 3.05) is 0 Å². The second kappa shape index (κ2) is 4.45. The van der Waals surface area contributed by atoms with Crippen LogP contribution in [0, 0.1) is 5.92 Å². The molecule has 1 aromatic carbocycles. The molecule has 0 saturated carbocycles. The Bertz CT molecular complexity index is 749. The number of H-pyrrole nitrogens is 1. The van der Waals surface area contributed by atoms with Gasteiger partial charge in [0.05, 0.1) is 5.92 Å². The van der Waals surface area contributed by atoms with E-state index in [0.29, 0.717) is 12.0 Å². The highest BCUT2D eigenvalue weighted by Gasteiger charge is 2.32. The quantitative estimate of drug-likeness (QED) is 0.844. The predicted molar refractivity (Wildman–Crippen MR) is 80.8 cm³/mol. The fourth-order valence-electron chi connectivity index (χ4n) is 3.00. The van der Waals surface area contributed by atoms with Crippen molar-refractivity contribution >= 4 is 22.7 Å². The SMILES string of the molecule is CC(C)(C)c1ccc2[nH]c3c(c2c1)C(=O)CC(C(=O)O)C3. The monoisotopic (exact) mass is 285 g/mol. The average Bonchev–Trinajstić information content (AvgIpc) is 2.75. The van der Waals surface area contributed by atoms with Crippen LogP contribution in [0.3, 0.4) is 0 Å².